The summed E-state index contributed by atoms with van der Waals surface area (Å²) >= 11 is 12.1. The Labute approximate surface area is 172 Å². The Morgan fingerprint density at radius 2 is 1.82 bits per heavy atom. The zero-order chi connectivity index (χ0) is 20.2. The molecule has 140 valence electrons. The highest BCUT2D eigenvalue weighted by Gasteiger charge is 2.44. The van der Waals surface area contributed by atoms with Crippen LogP contribution in [0.2, 0.25) is 10.0 Å². The largest absolute Gasteiger partial charge is 0.336 e. The molecule has 1 atom stereocenters. The number of halogens is 2. The van der Waals surface area contributed by atoms with E-state index in [-0.39, 0.29) is 23.1 Å². The minimum Gasteiger partial charge on any atom is -0.336 e. The van der Waals surface area contributed by atoms with Gasteiger partial charge >= 0.3 is 0 Å². The quantitative estimate of drug-likeness (QED) is 0.672. The van der Waals surface area contributed by atoms with Crippen LogP contribution in [0.25, 0.3) is 0 Å². The summed E-state index contributed by atoms with van der Waals surface area (Å²) in [5.41, 5.74) is 1.62. The summed E-state index contributed by atoms with van der Waals surface area (Å²) in [6.07, 6.45) is 1.38. The molecule has 9 heteroatoms. The number of amides is 1. The number of imidazole rings is 1. The first-order chi connectivity index (χ1) is 13.3. The standard InChI is InChI=1S/C19H15BCl2N4O2/c1-9(2)25-16-14(24-19(25)20)18(28)26(13-7-12(22)8-23-17(13)27)15(16)10-3-5-11(21)6-4-10/h3-9,15H,1-2H3,(H,23,27). The van der Waals surface area contributed by atoms with Crippen LogP contribution in [-0.4, -0.2) is 28.3 Å². The Balaban J connectivity index is 2.00. The number of nitrogens with one attached hydrogen (secondary N) is 1. The summed E-state index contributed by atoms with van der Waals surface area (Å²) in [6, 6.07) is 7.95. The maximum Gasteiger partial charge on any atom is 0.279 e. The molecule has 3 aromatic rings. The number of anilines is 1. The Morgan fingerprint density at radius 3 is 2.46 bits per heavy atom. The molecule has 4 rings (SSSR count). The Kier molecular flexibility index (Phi) is 4.60. The molecule has 1 aromatic carbocycles. The molecule has 0 saturated carbocycles. The predicted octanol–water partition coefficient (Wildman–Crippen LogP) is 3.00. The number of carbonyl (C=O) groups is 1. The lowest BCUT2D eigenvalue weighted by molar-refractivity contribution is 0.0989. The molecular formula is C19H15BCl2N4O2. The van der Waals surface area contributed by atoms with Crippen molar-refractivity contribution in [2.75, 3.05) is 4.90 Å². The van der Waals surface area contributed by atoms with Crippen molar-refractivity contribution >= 4 is 48.4 Å². The van der Waals surface area contributed by atoms with E-state index in [4.69, 9.17) is 31.0 Å². The third-order valence-corrected chi connectivity index (χ3v) is 5.19. The predicted molar refractivity (Wildman–Crippen MR) is 110 cm³/mol. The molecule has 0 spiro atoms. The van der Waals surface area contributed by atoms with Gasteiger partial charge in [-0.25, -0.2) is 4.98 Å². The zero-order valence-electron chi connectivity index (χ0n) is 15.1. The molecular weight excluding hydrogens is 398 g/mol. The molecule has 1 aliphatic heterocycles. The van der Waals surface area contributed by atoms with Crippen molar-refractivity contribution in [2.24, 2.45) is 0 Å². The third-order valence-electron chi connectivity index (χ3n) is 4.72. The highest BCUT2D eigenvalue weighted by Crippen LogP contribution is 2.41. The number of hydrogen-bond donors (Lipinski definition) is 1. The van der Waals surface area contributed by atoms with Gasteiger partial charge in [0.2, 0.25) is 0 Å². The van der Waals surface area contributed by atoms with Crippen molar-refractivity contribution in [3.05, 3.63) is 73.9 Å². The fourth-order valence-electron chi connectivity index (χ4n) is 3.60. The van der Waals surface area contributed by atoms with E-state index in [1.807, 2.05) is 30.5 Å². The Bertz CT molecular complexity index is 1140. The number of hydrogen-bond acceptors (Lipinski definition) is 3. The first kappa shape index (κ1) is 18.8. The molecule has 2 aromatic heterocycles. The van der Waals surface area contributed by atoms with E-state index < -0.39 is 17.5 Å². The van der Waals surface area contributed by atoms with Crippen LogP contribution in [-0.2, 0) is 0 Å². The number of fused-ring (bicyclic) bond motifs is 1. The maximum absolute atomic E-state index is 13.3. The van der Waals surface area contributed by atoms with E-state index in [2.05, 4.69) is 9.97 Å². The molecule has 0 aliphatic carbocycles. The van der Waals surface area contributed by atoms with Gasteiger partial charge in [0, 0.05) is 17.3 Å². The van der Waals surface area contributed by atoms with Crippen molar-refractivity contribution in [1.82, 2.24) is 14.5 Å². The van der Waals surface area contributed by atoms with Crippen molar-refractivity contribution in [2.45, 2.75) is 25.9 Å². The number of pyridine rings is 1. The van der Waals surface area contributed by atoms with Gasteiger partial charge in [0.25, 0.3) is 11.5 Å². The minimum atomic E-state index is -0.591. The zero-order valence-corrected chi connectivity index (χ0v) is 16.6. The van der Waals surface area contributed by atoms with Gasteiger partial charge in [0.15, 0.2) is 13.5 Å². The topological polar surface area (TPSA) is 71.0 Å². The van der Waals surface area contributed by atoms with Gasteiger partial charge in [-0.05, 0) is 37.6 Å². The summed E-state index contributed by atoms with van der Waals surface area (Å²) in [4.78, 5) is 34.0. The lowest BCUT2D eigenvalue weighted by Crippen LogP contribution is -2.36. The van der Waals surface area contributed by atoms with Gasteiger partial charge in [-0.1, -0.05) is 35.3 Å². The molecule has 28 heavy (non-hydrogen) atoms. The highest BCUT2D eigenvalue weighted by atomic mass is 35.5. The smallest absolute Gasteiger partial charge is 0.279 e. The number of nitrogens with zero attached hydrogens (tertiary/aromatic N) is 3. The summed E-state index contributed by atoms with van der Waals surface area (Å²) < 4.78 is 1.81. The van der Waals surface area contributed by atoms with Crippen LogP contribution < -0.4 is 16.2 Å². The van der Waals surface area contributed by atoms with Crippen molar-refractivity contribution < 1.29 is 4.79 Å². The maximum atomic E-state index is 13.3. The lowest BCUT2D eigenvalue weighted by atomic mass is 10.0. The van der Waals surface area contributed by atoms with Crippen molar-refractivity contribution in [1.29, 1.82) is 0 Å². The first-order valence-electron chi connectivity index (χ1n) is 8.64. The van der Waals surface area contributed by atoms with E-state index in [1.165, 1.54) is 17.2 Å². The fourth-order valence-corrected chi connectivity index (χ4v) is 3.89. The van der Waals surface area contributed by atoms with E-state index in [9.17, 15) is 9.59 Å². The average Bonchev–Trinajstić information content (AvgIpc) is 3.11. The third kappa shape index (κ3) is 2.86. The van der Waals surface area contributed by atoms with Gasteiger partial charge in [0.05, 0.1) is 16.4 Å². The van der Waals surface area contributed by atoms with Crippen LogP contribution in [0.5, 0.6) is 0 Å². The summed E-state index contributed by atoms with van der Waals surface area (Å²) in [5, 5.41) is 0.880. The van der Waals surface area contributed by atoms with E-state index in [0.717, 1.165) is 5.56 Å². The number of H-pyrrole nitrogens is 1. The van der Waals surface area contributed by atoms with Crippen molar-refractivity contribution in [3.63, 3.8) is 0 Å². The Morgan fingerprint density at radius 1 is 1.14 bits per heavy atom. The monoisotopic (exact) mass is 412 g/mol. The fraction of sp³-hybridized carbons (Fsp3) is 0.211. The van der Waals surface area contributed by atoms with Gasteiger partial charge < -0.3 is 9.55 Å². The summed E-state index contributed by atoms with van der Waals surface area (Å²) in [7, 11) is 6.09. The van der Waals surface area contributed by atoms with Crippen LogP contribution in [0.4, 0.5) is 5.69 Å². The summed E-state index contributed by atoms with van der Waals surface area (Å²) in [5.74, 6) is -0.409. The van der Waals surface area contributed by atoms with Gasteiger partial charge in [-0.15, -0.1) is 0 Å². The molecule has 6 nitrogen and oxygen atoms in total. The van der Waals surface area contributed by atoms with Crippen LogP contribution in [0.15, 0.2) is 41.3 Å². The average molecular weight is 413 g/mol. The SMILES string of the molecule is [B]c1nc2c(n1C(C)C)C(c1ccc(Cl)cc1)N(c1cc(Cl)c[nH]c1=O)C2=O. The number of carbonyl (C=O) groups excluding carboxylic acids is 1. The molecule has 2 radical (unpaired) electrons. The Hall–Kier alpha value is -2.51. The number of aromatic amines is 1. The molecule has 1 N–H and O–H groups in total. The van der Waals surface area contributed by atoms with E-state index in [0.29, 0.717) is 15.7 Å². The number of rotatable bonds is 3. The second-order valence-electron chi connectivity index (χ2n) is 6.83. The van der Waals surface area contributed by atoms with Gasteiger partial charge in [0.1, 0.15) is 11.7 Å². The molecule has 0 bridgehead atoms. The number of aromatic nitrogens is 3. The summed E-state index contributed by atoms with van der Waals surface area (Å²) in [6.45, 7) is 3.91. The molecule has 1 unspecified atom stereocenters. The molecule has 1 amide bonds. The normalized spacial score (nSPS) is 16.1. The van der Waals surface area contributed by atoms with Crippen LogP contribution in [0.1, 0.15) is 47.7 Å². The first-order valence-corrected chi connectivity index (χ1v) is 9.40. The lowest BCUT2D eigenvalue weighted by Gasteiger charge is -2.27. The van der Waals surface area contributed by atoms with Crippen LogP contribution in [0.3, 0.4) is 0 Å². The van der Waals surface area contributed by atoms with E-state index >= 15 is 0 Å². The van der Waals surface area contributed by atoms with Gasteiger partial charge in [-0.3, -0.25) is 14.5 Å². The van der Waals surface area contributed by atoms with E-state index in [1.54, 1.807) is 12.1 Å². The molecule has 1 aliphatic rings. The van der Waals surface area contributed by atoms with Crippen molar-refractivity contribution in [3.8, 4) is 0 Å². The van der Waals surface area contributed by atoms with Crippen LogP contribution in [0, 0.1) is 0 Å². The molecule has 0 saturated heterocycles. The second-order valence-corrected chi connectivity index (χ2v) is 7.70. The number of benzene rings is 1. The molecule has 0 fully saturated rings. The second kappa shape index (κ2) is 6.83. The van der Waals surface area contributed by atoms with Crippen LogP contribution >= 0.6 is 23.2 Å². The highest BCUT2D eigenvalue weighted by molar-refractivity contribution is 6.31. The minimum absolute atomic E-state index is 0.0311. The van der Waals surface area contributed by atoms with Gasteiger partial charge in [-0.2, -0.15) is 0 Å². The molecule has 3 heterocycles.